The van der Waals surface area contributed by atoms with Crippen LogP contribution in [0.2, 0.25) is 0 Å². The molecule has 0 aliphatic carbocycles. The maximum atomic E-state index is 13.5. The van der Waals surface area contributed by atoms with Crippen LogP contribution in [0.3, 0.4) is 0 Å². The summed E-state index contributed by atoms with van der Waals surface area (Å²) in [6, 6.07) is 23.4. The Balaban J connectivity index is 1.37. The van der Waals surface area contributed by atoms with Gasteiger partial charge >= 0.3 is 5.97 Å². The topological polar surface area (TPSA) is 106 Å². The number of hydrogen-bond donors (Lipinski definition) is 1. The number of hydrogen-bond acceptors (Lipinski definition) is 6. The number of imide groups is 1. The van der Waals surface area contributed by atoms with Crippen LogP contribution in [0.1, 0.15) is 32.7 Å². The molecule has 0 saturated heterocycles. The molecule has 0 unspecified atom stereocenters. The molecule has 38 heavy (non-hydrogen) atoms. The lowest BCUT2D eigenvalue weighted by Crippen LogP contribution is -2.47. The molecule has 188 valence electrons. The number of ether oxygens (including phenoxy) is 1. The second kappa shape index (κ2) is 10.9. The smallest absolute Gasteiger partial charge is 0.330 e. The Bertz CT molecular complexity index is 1520. The summed E-state index contributed by atoms with van der Waals surface area (Å²) in [4.78, 5) is 57.4. The Morgan fingerprint density at radius 3 is 2.29 bits per heavy atom. The van der Waals surface area contributed by atoms with E-state index in [1.54, 1.807) is 48.7 Å². The van der Waals surface area contributed by atoms with Gasteiger partial charge in [0.05, 0.1) is 22.3 Å². The number of fused-ring (bicyclic) bond motifs is 2. The Morgan fingerprint density at radius 1 is 0.868 bits per heavy atom. The van der Waals surface area contributed by atoms with Crippen molar-refractivity contribution in [2.75, 3.05) is 5.32 Å². The van der Waals surface area contributed by atoms with Gasteiger partial charge in [0.1, 0.15) is 12.6 Å². The lowest BCUT2D eigenvalue weighted by Gasteiger charge is -2.24. The fourth-order valence-corrected chi connectivity index (χ4v) is 4.31. The van der Waals surface area contributed by atoms with Gasteiger partial charge in [-0.2, -0.15) is 0 Å². The summed E-state index contributed by atoms with van der Waals surface area (Å²) < 4.78 is 5.25. The minimum atomic E-state index is -1.21. The van der Waals surface area contributed by atoms with E-state index in [-0.39, 0.29) is 24.2 Å². The normalized spacial score (nSPS) is 13.5. The Hall–Kier alpha value is -5.11. The third kappa shape index (κ3) is 5.05. The van der Waals surface area contributed by atoms with Crippen LogP contribution in [0.25, 0.3) is 10.9 Å². The van der Waals surface area contributed by atoms with Gasteiger partial charge in [0, 0.05) is 17.7 Å². The van der Waals surface area contributed by atoms with Crippen molar-refractivity contribution in [1.29, 1.82) is 0 Å². The molecule has 1 aliphatic rings. The van der Waals surface area contributed by atoms with Crippen LogP contribution in [0.15, 0.2) is 103 Å². The lowest BCUT2D eigenvalue weighted by atomic mass is 10.1. The van der Waals surface area contributed by atoms with Gasteiger partial charge < -0.3 is 10.1 Å². The predicted octanol–water partition coefficient (Wildman–Crippen LogP) is 4.53. The molecule has 1 aliphatic heterocycles. The molecule has 0 spiro atoms. The van der Waals surface area contributed by atoms with Crippen molar-refractivity contribution in [1.82, 2.24) is 9.88 Å². The van der Waals surface area contributed by atoms with Gasteiger partial charge in [-0.3, -0.25) is 24.3 Å². The number of carbonyl (C=O) groups excluding carboxylic acids is 4. The fraction of sp³-hybridized carbons (Fsp3) is 0.100. The molecule has 5 rings (SSSR count). The number of nitrogens with one attached hydrogen (secondary N) is 1. The Kier molecular flexibility index (Phi) is 7.04. The van der Waals surface area contributed by atoms with Crippen LogP contribution in [0, 0.1) is 0 Å². The Morgan fingerprint density at radius 2 is 1.55 bits per heavy atom. The average Bonchev–Trinajstić information content (AvgIpc) is 3.20. The average molecular weight is 506 g/mol. The lowest BCUT2D eigenvalue weighted by molar-refractivity contribution is -0.139. The minimum Gasteiger partial charge on any atom is -0.458 e. The van der Waals surface area contributed by atoms with E-state index >= 15 is 0 Å². The van der Waals surface area contributed by atoms with E-state index in [4.69, 9.17) is 4.74 Å². The molecule has 2 heterocycles. The quantitative estimate of drug-likeness (QED) is 0.214. The number of carbonyl (C=O) groups is 4. The Labute approximate surface area is 218 Å². The minimum absolute atomic E-state index is 0.0874. The van der Waals surface area contributed by atoms with Crippen LogP contribution in [0.4, 0.5) is 5.69 Å². The SMILES string of the molecule is O=C(/C=C/C[C@@H](C(=O)Nc1cccc2cccnc12)N1C(=O)c2ccccc2C1=O)OCc1ccccc1. The zero-order chi connectivity index (χ0) is 26.5. The van der Waals surface area contributed by atoms with Crippen LogP contribution in [0.5, 0.6) is 0 Å². The number of rotatable bonds is 8. The summed E-state index contributed by atoms with van der Waals surface area (Å²) in [5.41, 5.74) is 2.31. The van der Waals surface area contributed by atoms with E-state index in [1.807, 2.05) is 42.5 Å². The molecule has 3 aromatic carbocycles. The molecule has 0 fully saturated rings. The molecule has 4 aromatic rings. The zero-order valence-electron chi connectivity index (χ0n) is 20.2. The number of nitrogens with zero attached hydrogens (tertiary/aromatic N) is 2. The van der Waals surface area contributed by atoms with Gasteiger partial charge in [-0.15, -0.1) is 0 Å². The van der Waals surface area contributed by atoms with Gasteiger partial charge in [0.15, 0.2) is 0 Å². The van der Waals surface area contributed by atoms with Gasteiger partial charge in [0.25, 0.3) is 11.8 Å². The van der Waals surface area contributed by atoms with Crippen molar-refractivity contribution in [2.45, 2.75) is 19.1 Å². The van der Waals surface area contributed by atoms with Gasteiger partial charge in [0.2, 0.25) is 5.91 Å². The summed E-state index contributed by atoms with van der Waals surface area (Å²) in [5.74, 6) is -2.32. The number of benzene rings is 3. The van der Waals surface area contributed by atoms with Crippen molar-refractivity contribution in [3.63, 3.8) is 0 Å². The molecule has 8 heteroatoms. The summed E-state index contributed by atoms with van der Waals surface area (Å²) in [5, 5.41) is 3.64. The molecular formula is C30H23N3O5. The molecule has 8 nitrogen and oxygen atoms in total. The zero-order valence-corrected chi connectivity index (χ0v) is 20.2. The van der Waals surface area contributed by atoms with Gasteiger partial charge in [-0.25, -0.2) is 4.79 Å². The highest BCUT2D eigenvalue weighted by molar-refractivity contribution is 6.23. The number of esters is 1. The first kappa shape index (κ1) is 24.6. The number of anilines is 1. The second-order valence-electron chi connectivity index (χ2n) is 8.64. The van der Waals surface area contributed by atoms with Crippen molar-refractivity contribution >= 4 is 40.3 Å². The third-order valence-corrected chi connectivity index (χ3v) is 6.17. The summed E-state index contributed by atoms with van der Waals surface area (Å²) in [7, 11) is 0. The van der Waals surface area contributed by atoms with E-state index in [0.29, 0.717) is 11.2 Å². The van der Waals surface area contributed by atoms with E-state index in [2.05, 4.69) is 10.3 Å². The highest BCUT2D eigenvalue weighted by Crippen LogP contribution is 2.27. The summed E-state index contributed by atoms with van der Waals surface area (Å²) in [6.45, 7) is 0.0976. The van der Waals surface area contributed by atoms with Crippen molar-refractivity contribution in [3.8, 4) is 0 Å². The largest absolute Gasteiger partial charge is 0.458 e. The summed E-state index contributed by atoms with van der Waals surface area (Å²) >= 11 is 0. The molecule has 1 aromatic heterocycles. The molecule has 3 amide bonds. The van der Waals surface area contributed by atoms with Crippen molar-refractivity contribution in [2.24, 2.45) is 0 Å². The van der Waals surface area contributed by atoms with E-state index in [0.717, 1.165) is 15.8 Å². The first-order valence-corrected chi connectivity index (χ1v) is 12.0. The van der Waals surface area contributed by atoms with E-state index < -0.39 is 29.7 Å². The van der Waals surface area contributed by atoms with Crippen LogP contribution < -0.4 is 5.32 Å². The van der Waals surface area contributed by atoms with Crippen molar-refractivity contribution < 1.29 is 23.9 Å². The second-order valence-corrected chi connectivity index (χ2v) is 8.64. The molecule has 1 atom stereocenters. The number of aromatic nitrogens is 1. The molecule has 0 radical (unpaired) electrons. The van der Waals surface area contributed by atoms with E-state index in [1.165, 1.54) is 12.2 Å². The van der Waals surface area contributed by atoms with E-state index in [9.17, 15) is 19.2 Å². The highest BCUT2D eigenvalue weighted by Gasteiger charge is 2.42. The molecular weight excluding hydrogens is 482 g/mol. The molecule has 0 bridgehead atoms. The fourth-order valence-electron chi connectivity index (χ4n) is 4.31. The summed E-state index contributed by atoms with van der Waals surface area (Å²) in [6.07, 6.45) is 4.16. The van der Waals surface area contributed by atoms with Crippen LogP contribution in [-0.4, -0.2) is 39.6 Å². The van der Waals surface area contributed by atoms with Gasteiger partial charge in [-0.1, -0.05) is 66.7 Å². The van der Waals surface area contributed by atoms with Crippen LogP contribution >= 0.6 is 0 Å². The number of amides is 3. The van der Waals surface area contributed by atoms with Gasteiger partial charge in [-0.05, 0) is 36.2 Å². The predicted molar refractivity (Wildman–Crippen MR) is 141 cm³/mol. The highest BCUT2D eigenvalue weighted by atomic mass is 16.5. The third-order valence-electron chi connectivity index (χ3n) is 6.17. The molecule has 0 saturated carbocycles. The monoisotopic (exact) mass is 505 g/mol. The maximum absolute atomic E-state index is 13.5. The standard InChI is InChI=1S/C30H23N3O5/c34-26(38-19-20-9-2-1-3-10-20)17-7-16-25(33-29(36)22-13-4-5-14-23(22)30(33)37)28(35)32-24-15-6-11-21-12-8-18-31-27(21)24/h1-15,17-18,25H,16,19H2,(H,32,35)/b17-7+/t25-/m0/s1. The number of pyridine rings is 1. The number of para-hydroxylation sites is 1. The first-order valence-electron chi connectivity index (χ1n) is 12.0. The maximum Gasteiger partial charge on any atom is 0.330 e. The molecule has 1 N–H and O–H groups in total. The van der Waals surface area contributed by atoms with Crippen LogP contribution in [-0.2, 0) is 20.9 Å². The first-order chi connectivity index (χ1) is 18.5. The van der Waals surface area contributed by atoms with Crippen molar-refractivity contribution in [3.05, 3.63) is 120 Å².